The maximum atomic E-state index is 13.2. The minimum Gasteiger partial charge on any atom is -0.493 e. The number of nitrogens with one attached hydrogen (secondary N) is 1. The molecule has 1 heterocycles. The van der Waals surface area contributed by atoms with Crippen LogP contribution in [0.2, 0.25) is 0 Å². The molecule has 0 unspecified atom stereocenters. The Morgan fingerprint density at radius 2 is 1.83 bits per heavy atom. The molecule has 7 nitrogen and oxygen atoms in total. The lowest BCUT2D eigenvalue weighted by molar-refractivity contribution is -0.112. The van der Waals surface area contributed by atoms with E-state index >= 15 is 0 Å². The van der Waals surface area contributed by atoms with Gasteiger partial charge in [0.25, 0.3) is 5.91 Å². The summed E-state index contributed by atoms with van der Waals surface area (Å²) in [5.41, 5.74) is 5.01. The fourth-order valence-electron chi connectivity index (χ4n) is 4.96. The zero-order chi connectivity index (χ0) is 29.2. The number of fused-ring (bicyclic) bond motifs is 1. The van der Waals surface area contributed by atoms with Crippen LogP contribution in [0.4, 0.5) is 5.00 Å². The number of benzene rings is 2. The predicted molar refractivity (Wildman–Crippen MR) is 163 cm³/mol. The Morgan fingerprint density at radius 3 is 2.56 bits per heavy atom. The van der Waals surface area contributed by atoms with Crippen LogP contribution in [0.15, 0.2) is 47.4 Å². The second-order valence-corrected chi connectivity index (χ2v) is 10.9. The molecule has 0 radical (unpaired) electrons. The maximum absolute atomic E-state index is 13.2. The normalized spacial score (nSPS) is 12.7. The fraction of sp³-hybridized carbons (Fsp3) is 0.364. The molecule has 4 rings (SSSR count). The van der Waals surface area contributed by atoms with Crippen molar-refractivity contribution < 1.29 is 23.8 Å². The van der Waals surface area contributed by atoms with Gasteiger partial charge in [0.2, 0.25) is 0 Å². The third kappa shape index (κ3) is 7.36. The van der Waals surface area contributed by atoms with Gasteiger partial charge in [0.15, 0.2) is 11.5 Å². The summed E-state index contributed by atoms with van der Waals surface area (Å²) in [4.78, 5) is 26.0. The van der Waals surface area contributed by atoms with Gasteiger partial charge in [-0.1, -0.05) is 50.5 Å². The average Bonchev–Trinajstić information content (AvgIpc) is 3.42. The first kappa shape index (κ1) is 29.9. The van der Waals surface area contributed by atoms with E-state index in [1.807, 2.05) is 17.5 Å². The van der Waals surface area contributed by atoms with Crippen molar-refractivity contribution in [2.24, 2.45) is 0 Å². The molecule has 8 heteroatoms. The maximum Gasteiger partial charge on any atom is 0.341 e. The number of esters is 1. The summed E-state index contributed by atoms with van der Waals surface area (Å²) in [7, 11) is 2.87. The van der Waals surface area contributed by atoms with Gasteiger partial charge in [0.05, 0.1) is 20.8 Å². The third-order valence-corrected chi connectivity index (χ3v) is 8.08. The molecule has 1 aromatic heterocycles. The number of rotatable bonds is 12. The van der Waals surface area contributed by atoms with Crippen molar-refractivity contribution in [1.82, 2.24) is 0 Å². The van der Waals surface area contributed by atoms with Crippen LogP contribution in [-0.4, -0.2) is 32.7 Å². The lowest BCUT2D eigenvalue weighted by Gasteiger charge is -2.16. The van der Waals surface area contributed by atoms with E-state index in [1.54, 1.807) is 25.3 Å². The molecule has 1 aliphatic carbocycles. The highest BCUT2D eigenvalue weighted by Gasteiger charge is 2.24. The molecule has 1 aliphatic rings. The number of methoxy groups -OCH3 is 2. The Hall–Kier alpha value is -4.09. The number of anilines is 1. The summed E-state index contributed by atoms with van der Waals surface area (Å²) in [5.74, 6) is -0.0357. The highest BCUT2D eigenvalue weighted by atomic mass is 32.1. The van der Waals surface area contributed by atoms with E-state index in [2.05, 4.69) is 24.4 Å². The van der Waals surface area contributed by atoms with E-state index in [4.69, 9.17) is 14.2 Å². The molecule has 0 bridgehead atoms. The summed E-state index contributed by atoms with van der Waals surface area (Å²) in [6, 6.07) is 13.5. The number of nitriles is 1. The average molecular weight is 573 g/mol. The monoisotopic (exact) mass is 572 g/mol. The van der Waals surface area contributed by atoms with Crippen molar-refractivity contribution in [3.63, 3.8) is 0 Å². The van der Waals surface area contributed by atoms with Gasteiger partial charge in [-0.25, -0.2) is 4.79 Å². The largest absolute Gasteiger partial charge is 0.493 e. The number of hydrogen-bond donors (Lipinski definition) is 1. The first-order valence-corrected chi connectivity index (χ1v) is 14.9. The van der Waals surface area contributed by atoms with Gasteiger partial charge in [0.1, 0.15) is 22.2 Å². The van der Waals surface area contributed by atoms with Crippen LogP contribution in [-0.2, 0) is 22.4 Å². The molecule has 0 fully saturated rings. The molecule has 0 saturated heterocycles. The second kappa shape index (κ2) is 14.5. The van der Waals surface area contributed by atoms with Crippen molar-refractivity contribution in [1.29, 1.82) is 5.26 Å². The fourth-order valence-corrected chi connectivity index (χ4v) is 5.91. The van der Waals surface area contributed by atoms with Crippen LogP contribution in [0.1, 0.15) is 72.5 Å². The number of unbranched alkanes of at least 4 members (excludes halogenated alkanes) is 3. The lowest BCUT2D eigenvalue weighted by atomic mass is 9.89. The van der Waals surface area contributed by atoms with E-state index in [0.29, 0.717) is 34.2 Å². The standard InChI is InChI=1S/C33H36N2O5S/c1-4-5-6-9-16-40-28-15-12-22(18-29(28)38-2)17-26(20-34)31(36)35-32-30(33(37)39-3)27(21-41-32)25-14-13-23-10-7-8-11-24(23)19-25/h12-15,17-19,21H,4-11,16H2,1-3H3,(H,35,36)/b26-17+. The zero-order valence-electron chi connectivity index (χ0n) is 23.9. The summed E-state index contributed by atoms with van der Waals surface area (Å²) < 4.78 is 16.4. The Bertz CT molecular complexity index is 1470. The van der Waals surface area contributed by atoms with E-state index < -0.39 is 11.9 Å². The quantitative estimate of drug-likeness (QED) is 0.104. The first-order chi connectivity index (χ1) is 20.0. The highest BCUT2D eigenvalue weighted by molar-refractivity contribution is 7.15. The molecule has 214 valence electrons. The summed E-state index contributed by atoms with van der Waals surface area (Å²) in [6.45, 7) is 2.76. The SMILES string of the molecule is CCCCCCOc1ccc(/C=C(\C#N)C(=O)Nc2scc(-c3ccc4c(c3)CCCC4)c2C(=O)OC)cc1OC. The number of ether oxygens (including phenoxy) is 3. The molecule has 1 N–H and O–H groups in total. The topological polar surface area (TPSA) is 97.7 Å². The van der Waals surface area contributed by atoms with E-state index in [-0.39, 0.29) is 11.1 Å². The summed E-state index contributed by atoms with van der Waals surface area (Å²) in [5, 5.41) is 14.7. The molecule has 0 aliphatic heterocycles. The van der Waals surface area contributed by atoms with E-state index in [9.17, 15) is 14.9 Å². The van der Waals surface area contributed by atoms with Crippen molar-refractivity contribution in [3.05, 3.63) is 69.6 Å². The van der Waals surface area contributed by atoms with Gasteiger partial charge in [-0.2, -0.15) is 5.26 Å². The number of thiophene rings is 1. The molecule has 2 aromatic carbocycles. The van der Waals surface area contributed by atoms with Crippen molar-refractivity contribution in [3.8, 4) is 28.7 Å². The number of amides is 1. The number of carbonyl (C=O) groups excluding carboxylic acids is 2. The number of nitrogens with zero attached hydrogens (tertiary/aromatic N) is 1. The number of hydrogen-bond acceptors (Lipinski definition) is 7. The van der Waals surface area contributed by atoms with Gasteiger partial charge >= 0.3 is 5.97 Å². The molecule has 1 amide bonds. The van der Waals surface area contributed by atoms with Gasteiger partial charge in [-0.15, -0.1) is 11.3 Å². The first-order valence-electron chi connectivity index (χ1n) is 14.0. The molecule has 0 atom stereocenters. The summed E-state index contributed by atoms with van der Waals surface area (Å²) >= 11 is 1.23. The van der Waals surface area contributed by atoms with Crippen molar-refractivity contribution in [2.75, 3.05) is 26.1 Å². The lowest BCUT2D eigenvalue weighted by Crippen LogP contribution is -2.15. The minimum absolute atomic E-state index is 0.111. The predicted octanol–water partition coefficient (Wildman–Crippen LogP) is 7.59. The minimum atomic E-state index is -0.619. The Labute approximate surface area is 245 Å². The molecular formula is C33H36N2O5S. The van der Waals surface area contributed by atoms with Gasteiger partial charge < -0.3 is 19.5 Å². The van der Waals surface area contributed by atoms with Gasteiger partial charge in [0, 0.05) is 10.9 Å². The number of aryl methyl sites for hydroxylation is 2. The van der Waals surface area contributed by atoms with Crippen LogP contribution < -0.4 is 14.8 Å². The van der Waals surface area contributed by atoms with Crippen LogP contribution in [0.5, 0.6) is 11.5 Å². The van der Waals surface area contributed by atoms with Crippen LogP contribution in [0.25, 0.3) is 17.2 Å². The van der Waals surface area contributed by atoms with Crippen molar-refractivity contribution >= 4 is 34.3 Å². The van der Waals surface area contributed by atoms with Gasteiger partial charge in [-0.3, -0.25) is 4.79 Å². The molecule has 3 aromatic rings. The Kier molecular flexibility index (Phi) is 10.6. The molecule has 41 heavy (non-hydrogen) atoms. The molecule has 0 spiro atoms. The Balaban J connectivity index is 1.55. The van der Waals surface area contributed by atoms with Crippen LogP contribution in [0, 0.1) is 11.3 Å². The van der Waals surface area contributed by atoms with Gasteiger partial charge in [-0.05, 0) is 72.6 Å². The highest BCUT2D eigenvalue weighted by Crippen LogP contribution is 2.38. The van der Waals surface area contributed by atoms with Crippen LogP contribution >= 0.6 is 11.3 Å². The number of carbonyl (C=O) groups is 2. The van der Waals surface area contributed by atoms with Crippen LogP contribution in [0.3, 0.4) is 0 Å². The summed E-state index contributed by atoms with van der Waals surface area (Å²) in [6.07, 6.45) is 10.3. The molecular weight excluding hydrogens is 536 g/mol. The van der Waals surface area contributed by atoms with E-state index in [1.165, 1.54) is 48.5 Å². The third-order valence-electron chi connectivity index (χ3n) is 7.19. The zero-order valence-corrected chi connectivity index (χ0v) is 24.7. The smallest absolute Gasteiger partial charge is 0.341 e. The molecule has 0 saturated carbocycles. The Morgan fingerprint density at radius 1 is 1.02 bits per heavy atom. The van der Waals surface area contributed by atoms with Crippen molar-refractivity contribution in [2.45, 2.75) is 58.3 Å². The second-order valence-electron chi connectivity index (χ2n) is 9.98. The van der Waals surface area contributed by atoms with E-state index in [0.717, 1.165) is 44.1 Å².